The van der Waals surface area contributed by atoms with E-state index < -0.39 is 0 Å². The minimum atomic E-state index is 0.597. The summed E-state index contributed by atoms with van der Waals surface area (Å²) in [6.45, 7) is 18.8. The smallest absolute Gasteiger partial charge is 0.0271 e. The van der Waals surface area contributed by atoms with Crippen LogP contribution in [0.15, 0.2) is 45.4 Å². The van der Waals surface area contributed by atoms with Gasteiger partial charge in [-0.1, -0.05) is 74.6 Å². The summed E-state index contributed by atoms with van der Waals surface area (Å²) in [7, 11) is 0. The van der Waals surface area contributed by atoms with Crippen molar-refractivity contribution in [2.45, 2.75) is 129 Å². The normalized spacial score (nSPS) is 26.8. The van der Waals surface area contributed by atoms with Crippen molar-refractivity contribution in [2.75, 3.05) is 0 Å². The number of hydrogen-bond donors (Lipinski definition) is 0. The summed E-state index contributed by atoms with van der Waals surface area (Å²) in [4.78, 5) is 1.62. The van der Waals surface area contributed by atoms with Gasteiger partial charge in [0.05, 0.1) is 0 Å². The quantitative estimate of drug-likeness (QED) is 0.370. The van der Waals surface area contributed by atoms with Gasteiger partial charge in [-0.05, 0) is 84.0 Å². The van der Waals surface area contributed by atoms with E-state index in [0.29, 0.717) is 15.7 Å². The van der Waals surface area contributed by atoms with Gasteiger partial charge >= 0.3 is 0 Å². The molecule has 1 heterocycles. The average molecular weight is 449 g/mol. The van der Waals surface area contributed by atoms with Crippen LogP contribution in [0.5, 0.6) is 0 Å². The molecule has 0 saturated carbocycles. The first-order valence-electron chi connectivity index (χ1n) is 12.4. The van der Waals surface area contributed by atoms with E-state index in [-0.39, 0.29) is 0 Å². The number of allylic oxidation sites excluding steroid dienone is 5. The lowest BCUT2D eigenvalue weighted by Crippen LogP contribution is -2.12. The third-order valence-corrected chi connectivity index (χ3v) is 9.89. The van der Waals surface area contributed by atoms with Crippen LogP contribution in [0.2, 0.25) is 0 Å². The van der Waals surface area contributed by atoms with Crippen molar-refractivity contribution in [3.8, 4) is 0 Å². The summed E-state index contributed by atoms with van der Waals surface area (Å²) in [6, 6.07) is 0. The fourth-order valence-electron chi connectivity index (χ4n) is 4.02. The molecule has 0 aromatic carbocycles. The van der Waals surface area contributed by atoms with Crippen LogP contribution in [-0.4, -0.2) is 15.7 Å². The summed E-state index contributed by atoms with van der Waals surface area (Å²) in [6.07, 6.45) is 18.6. The van der Waals surface area contributed by atoms with E-state index in [1.807, 2.05) is 0 Å². The van der Waals surface area contributed by atoms with Crippen molar-refractivity contribution in [1.82, 2.24) is 0 Å². The maximum absolute atomic E-state index is 2.55. The lowest BCUT2D eigenvalue weighted by Gasteiger charge is -2.24. The Labute approximate surface area is 197 Å². The number of hydrogen-bond acceptors (Lipinski definition) is 2. The summed E-state index contributed by atoms with van der Waals surface area (Å²) in [5.74, 6) is 0. The molecule has 172 valence electrons. The monoisotopic (exact) mass is 448 g/mol. The van der Waals surface area contributed by atoms with Crippen LogP contribution in [0.1, 0.15) is 113 Å². The van der Waals surface area contributed by atoms with E-state index in [0.717, 1.165) is 6.42 Å². The summed E-state index contributed by atoms with van der Waals surface area (Å²) in [5, 5.41) is 1.87. The summed E-state index contributed by atoms with van der Waals surface area (Å²) in [5.41, 5.74) is 6.32. The number of unbranched alkanes of at least 4 members (excludes halogenated alkanes) is 1. The first kappa shape index (κ1) is 27.7. The minimum absolute atomic E-state index is 0.597. The minimum Gasteiger partial charge on any atom is -0.146 e. The summed E-state index contributed by atoms with van der Waals surface area (Å²) >= 11 is 4.33. The standard InChI is InChI=1S/C28H48S2/c1-9-13-16-23(7)28-19-18-24(8)27(12-4)30-26(11-3)22(6)17-14-15-21(5)20-25(10-2)29-28/h17-18,20,25-27H,9-16,19H2,1-8H3/b21-20?,22-17?,24-18?,28-23-. The SMILES string of the molecule is CCCC/C(C)=C1/CC=C(C)C(CC)SC(CC)C(C)=CCCC(C)=CC(CC)S1. The molecule has 0 nitrogen and oxygen atoms in total. The van der Waals surface area contributed by atoms with Crippen molar-refractivity contribution >= 4 is 23.5 Å². The first-order valence-corrected chi connectivity index (χ1v) is 14.2. The predicted molar refractivity (Wildman–Crippen MR) is 145 cm³/mol. The third kappa shape index (κ3) is 9.86. The molecule has 0 aromatic rings. The largest absolute Gasteiger partial charge is 0.146 e. The van der Waals surface area contributed by atoms with Gasteiger partial charge in [0.15, 0.2) is 0 Å². The Hall–Kier alpha value is -0.340. The van der Waals surface area contributed by atoms with E-state index >= 15 is 0 Å². The molecule has 0 amide bonds. The second kappa shape index (κ2) is 15.5. The Morgan fingerprint density at radius 2 is 1.57 bits per heavy atom. The van der Waals surface area contributed by atoms with Crippen LogP contribution in [0, 0.1) is 0 Å². The maximum atomic E-state index is 2.55. The molecular weight excluding hydrogens is 400 g/mol. The van der Waals surface area contributed by atoms with Crippen molar-refractivity contribution in [1.29, 1.82) is 0 Å². The lowest BCUT2D eigenvalue weighted by atomic mass is 10.1. The fourth-order valence-corrected chi connectivity index (χ4v) is 6.73. The molecule has 0 aromatic heterocycles. The average Bonchev–Trinajstić information content (AvgIpc) is 2.74. The Balaban J connectivity index is 3.30. The van der Waals surface area contributed by atoms with Crippen LogP contribution in [0.25, 0.3) is 0 Å². The molecule has 2 heteroatoms. The molecule has 0 aliphatic carbocycles. The molecule has 3 unspecified atom stereocenters. The highest BCUT2D eigenvalue weighted by atomic mass is 32.2. The first-order chi connectivity index (χ1) is 14.4. The fraction of sp³-hybridized carbons (Fsp3) is 0.714. The van der Waals surface area contributed by atoms with Crippen molar-refractivity contribution in [3.05, 3.63) is 45.4 Å². The Kier molecular flexibility index (Phi) is 14.3. The number of thioether (sulfide) groups is 2. The molecule has 0 spiro atoms. The molecule has 0 bridgehead atoms. The van der Waals surface area contributed by atoms with Gasteiger partial charge in [-0.25, -0.2) is 0 Å². The molecule has 0 fully saturated rings. The predicted octanol–water partition coefficient (Wildman–Crippen LogP) is 10.3. The molecule has 1 aliphatic rings. The second-order valence-corrected chi connectivity index (χ2v) is 11.7. The molecule has 1 aliphatic heterocycles. The van der Waals surface area contributed by atoms with Gasteiger partial charge in [0.2, 0.25) is 0 Å². The maximum Gasteiger partial charge on any atom is 0.0271 e. The molecule has 0 N–H and O–H groups in total. The molecule has 1 rings (SSSR count). The zero-order valence-electron chi connectivity index (χ0n) is 21.1. The highest BCUT2D eigenvalue weighted by Gasteiger charge is 2.18. The van der Waals surface area contributed by atoms with Gasteiger partial charge in [0, 0.05) is 15.7 Å². The molecule has 0 radical (unpaired) electrons. The third-order valence-electron chi connectivity index (χ3n) is 6.25. The Morgan fingerprint density at radius 1 is 0.933 bits per heavy atom. The van der Waals surface area contributed by atoms with Crippen LogP contribution in [0.4, 0.5) is 0 Å². The van der Waals surface area contributed by atoms with Crippen LogP contribution in [0.3, 0.4) is 0 Å². The summed E-state index contributed by atoms with van der Waals surface area (Å²) < 4.78 is 0. The van der Waals surface area contributed by atoms with E-state index in [4.69, 9.17) is 0 Å². The molecular formula is C28H48S2. The van der Waals surface area contributed by atoms with Crippen molar-refractivity contribution < 1.29 is 0 Å². The van der Waals surface area contributed by atoms with E-state index in [1.54, 1.807) is 27.2 Å². The topological polar surface area (TPSA) is 0 Å². The lowest BCUT2D eigenvalue weighted by molar-refractivity contribution is 0.783. The Morgan fingerprint density at radius 3 is 2.13 bits per heavy atom. The van der Waals surface area contributed by atoms with E-state index in [9.17, 15) is 0 Å². The van der Waals surface area contributed by atoms with Crippen molar-refractivity contribution in [2.24, 2.45) is 0 Å². The number of rotatable bonds is 6. The van der Waals surface area contributed by atoms with E-state index in [1.165, 1.54) is 51.4 Å². The zero-order chi connectivity index (χ0) is 22.5. The van der Waals surface area contributed by atoms with Crippen LogP contribution in [-0.2, 0) is 0 Å². The zero-order valence-corrected chi connectivity index (χ0v) is 22.8. The van der Waals surface area contributed by atoms with Gasteiger partial charge in [0.25, 0.3) is 0 Å². The van der Waals surface area contributed by atoms with Crippen LogP contribution < -0.4 is 0 Å². The van der Waals surface area contributed by atoms with Gasteiger partial charge in [-0.15, -0.1) is 23.5 Å². The van der Waals surface area contributed by atoms with Gasteiger partial charge in [-0.3, -0.25) is 0 Å². The molecule has 30 heavy (non-hydrogen) atoms. The van der Waals surface area contributed by atoms with Crippen LogP contribution >= 0.6 is 23.5 Å². The Bertz CT molecular complexity index is 621. The van der Waals surface area contributed by atoms with Gasteiger partial charge < -0.3 is 0 Å². The highest BCUT2D eigenvalue weighted by Crippen LogP contribution is 2.36. The molecule has 0 saturated heterocycles. The van der Waals surface area contributed by atoms with E-state index in [2.05, 4.69) is 97.1 Å². The van der Waals surface area contributed by atoms with Gasteiger partial charge in [0.1, 0.15) is 0 Å². The van der Waals surface area contributed by atoms with Gasteiger partial charge in [-0.2, -0.15) is 0 Å². The second-order valence-electron chi connectivity index (χ2n) is 8.95. The molecule has 3 atom stereocenters. The highest BCUT2D eigenvalue weighted by molar-refractivity contribution is 8.03. The van der Waals surface area contributed by atoms with Crippen molar-refractivity contribution in [3.63, 3.8) is 0 Å².